The summed E-state index contributed by atoms with van der Waals surface area (Å²) < 4.78 is 0. The molecule has 11 N–H and O–H groups in total. The number of aliphatic carboxylic acids is 1. The SMILES string of the molecule is CC(C)CC(NC(=O)C(NC(=O)C(CCCN=C(N)N)NC(=O)C(N)CS)C(C)O)C(=O)O. The summed E-state index contributed by atoms with van der Waals surface area (Å²) in [7, 11) is 0. The minimum atomic E-state index is -1.46. The molecule has 0 saturated heterocycles. The van der Waals surface area contributed by atoms with E-state index >= 15 is 0 Å². The first kappa shape index (κ1) is 30.4. The van der Waals surface area contributed by atoms with Gasteiger partial charge in [-0.15, -0.1) is 0 Å². The first-order chi connectivity index (χ1) is 15.3. The molecule has 0 radical (unpaired) electrons. The lowest BCUT2D eigenvalue weighted by Gasteiger charge is -2.26. The molecule has 0 fully saturated rings. The van der Waals surface area contributed by atoms with Crippen molar-refractivity contribution in [3.63, 3.8) is 0 Å². The monoisotopic (exact) mass is 491 g/mol. The number of amides is 3. The molecule has 0 aromatic heterocycles. The number of aliphatic hydroxyl groups excluding tert-OH is 1. The molecule has 0 aromatic carbocycles. The summed E-state index contributed by atoms with van der Waals surface area (Å²) in [6, 6.07) is -4.73. The molecule has 0 aliphatic heterocycles. The zero-order chi connectivity index (χ0) is 25.7. The maximum absolute atomic E-state index is 12.9. The first-order valence-corrected chi connectivity index (χ1v) is 11.2. The highest BCUT2D eigenvalue weighted by Gasteiger charge is 2.32. The van der Waals surface area contributed by atoms with Crippen molar-refractivity contribution < 1.29 is 29.4 Å². The van der Waals surface area contributed by atoms with E-state index in [9.17, 15) is 29.4 Å². The van der Waals surface area contributed by atoms with Crippen LogP contribution in [0.1, 0.15) is 40.0 Å². The van der Waals surface area contributed by atoms with Crippen LogP contribution >= 0.6 is 12.6 Å². The Morgan fingerprint density at radius 3 is 2.00 bits per heavy atom. The zero-order valence-corrected chi connectivity index (χ0v) is 20.0. The number of hydrogen-bond acceptors (Lipinski definition) is 8. The molecule has 0 aromatic rings. The number of carbonyl (C=O) groups excluding carboxylic acids is 3. The Kier molecular flexibility index (Phi) is 14.1. The third-order valence-electron chi connectivity index (χ3n) is 4.50. The molecule has 3 amide bonds. The smallest absolute Gasteiger partial charge is 0.326 e. The number of carboxylic acid groups (broad SMARTS) is 1. The lowest BCUT2D eigenvalue weighted by Crippen LogP contribution is -2.60. The first-order valence-electron chi connectivity index (χ1n) is 10.5. The predicted molar refractivity (Wildman–Crippen MR) is 126 cm³/mol. The standard InChI is InChI=1S/C19H37N7O6S/c1-9(2)7-13(18(31)32)25-17(30)14(10(3)27)26-16(29)12(5-4-6-23-19(21)22)24-15(28)11(20)8-33/h9-14,27,33H,4-8,20H2,1-3H3,(H,24,28)(H,25,30)(H,26,29)(H,31,32)(H4,21,22,23). The van der Waals surface area contributed by atoms with Crippen LogP contribution in [0.3, 0.4) is 0 Å². The van der Waals surface area contributed by atoms with Gasteiger partial charge in [0.1, 0.15) is 18.1 Å². The molecule has 190 valence electrons. The second-order valence-corrected chi connectivity index (χ2v) is 8.42. The lowest BCUT2D eigenvalue weighted by molar-refractivity contribution is -0.143. The Bertz CT molecular complexity index is 700. The van der Waals surface area contributed by atoms with E-state index in [1.54, 1.807) is 13.8 Å². The van der Waals surface area contributed by atoms with Gasteiger partial charge in [-0.05, 0) is 32.1 Å². The van der Waals surface area contributed by atoms with Gasteiger partial charge in [0.05, 0.1) is 12.1 Å². The average molecular weight is 492 g/mol. The minimum Gasteiger partial charge on any atom is -0.480 e. The van der Waals surface area contributed by atoms with Gasteiger partial charge in [-0.1, -0.05) is 13.8 Å². The number of carbonyl (C=O) groups is 4. The third-order valence-corrected chi connectivity index (χ3v) is 4.89. The lowest BCUT2D eigenvalue weighted by atomic mass is 10.0. The molecule has 0 aliphatic rings. The highest BCUT2D eigenvalue weighted by Crippen LogP contribution is 2.07. The number of nitrogens with two attached hydrogens (primary N) is 3. The predicted octanol–water partition coefficient (Wildman–Crippen LogP) is -2.74. The van der Waals surface area contributed by atoms with Crippen LogP contribution in [0.15, 0.2) is 4.99 Å². The van der Waals surface area contributed by atoms with Crippen molar-refractivity contribution >= 4 is 42.3 Å². The quantitative estimate of drug-likeness (QED) is 0.0499. The van der Waals surface area contributed by atoms with Crippen LogP contribution in [0.25, 0.3) is 0 Å². The Labute approximate surface area is 198 Å². The number of nitrogens with zero attached hydrogens (tertiary/aromatic N) is 1. The van der Waals surface area contributed by atoms with E-state index in [4.69, 9.17) is 17.2 Å². The van der Waals surface area contributed by atoms with Crippen molar-refractivity contribution in [1.29, 1.82) is 0 Å². The van der Waals surface area contributed by atoms with Crippen LogP contribution in [0.2, 0.25) is 0 Å². The van der Waals surface area contributed by atoms with Gasteiger partial charge in [-0.25, -0.2) is 4.79 Å². The Balaban J connectivity index is 5.45. The number of hydrogen-bond donors (Lipinski definition) is 9. The Hall–Kier alpha value is -2.58. The molecule has 0 rings (SSSR count). The molecule has 14 heteroatoms. The molecule has 0 saturated carbocycles. The van der Waals surface area contributed by atoms with Crippen LogP contribution in [-0.4, -0.2) is 82.4 Å². The molecular formula is C19H37N7O6S. The van der Waals surface area contributed by atoms with E-state index in [0.29, 0.717) is 6.42 Å². The topological polar surface area (TPSA) is 235 Å². The zero-order valence-electron chi connectivity index (χ0n) is 19.2. The molecule has 0 aliphatic carbocycles. The summed E-state index contributed by atoms with van der Waals surface area (Å²) in [5, 5.41) is 26.6. The van der Waals surface area contributed by atoms with Crippen LogP contribution in [0.5, 0.6) is 0 Å². The second kappa shape index (κ2) is 15.3. The number of rotatable bonds is 15. The van der Waals surface area contributed by atoms with Crippen molar-refractivity contribution in [2.75, 3.05) is 12.3 Å². The normalized spacial score (nSPS) is 15.5. The van der Waals surface area contributed by atoms with Crippen molar-refractivity contribution in [2.45, 2.75) is 70.3 Å². The number of aliphatic imine (C=N–C) groups is 1. The van der Waals surface area contributed by atoms with Gasteiger partial charge in [0.25, 0.3) is 0 Å². The summed E-state index contributed by atoms with van der Waals surface area (Å²) in [5.74, 6) is -3.62. The van der Waals surface area contributed by atoms with Crippen LogP contribution in [0.4, 0.5) is 0 Å². The van der Waals surface area contributed by atoms with Gasteiger partial charge < -0.3 is 43.4 Å². The summed E-state index contributed by atoms with van der Waals surface area (Å²) in [5.41, 5.74) is 16.2. The van der Waals surface area contributed by atoms with Gasteiger partial charge in [0.2, 0.25) is 17.7 Å². The van der Waals surface area contributed by atoms with E-state index in [2.05, 4.69) is 33.6 Å². The minimum absolute atomic E-state index is 0.0214. The largest absolute Gasteiger partial charge is 0.480 e. The number of guanidine groups is 1. The molecule has 13 nitrogen and oxygen atoms in total. The van der Waals surface area contributed by atoms with Gasteiger partial charge in [0.15, 0.2) is 5.96 Å². The Morgan fingerprint density at radius 1 is 0.970 bits per heavy atom. The summed E-state index contributed by atoms with van der Waals surface area (Å²) in [4.78, 5) is 52.9. The fraction of sp³-hybridized carbons (Fsp3) is 0.737. The molecule has 0 spiro atoms. The fourth-order valence-electron chi connectivity index (χ4n) is 2.75. The highest BCUT2D eigenvalue weighted by molar-refractivity contribution is 7.80. The van der Waals surface area contributed by atoms with E-state index in [1.807, 2.05) is 0 Å². The molecule has 5 unspecified atom stereocenters. The van der Waals surface area contributed by atoms with Crippen molar-refractivity contribution in [2.24, 2.45) is 28.1 Å². The molecular weight excluding hydrogens is 454 g/mol. The van der Waals surface area contributed by atoms with E-state index < -0.39 is 54.0 Å². The summed E-state index contributed by atoms with van der Waals surface area (Å²) in [6.07, 6.45) is -0.771. The molecule has 0 heterocycles. The van der Waals surface area contributed by atoms with Gasteiger partial charge >= 0.3 is 5.97 Å². The van der Waals surface area contributed by atoms with E-state index in [1.165, 1.54) is 6.92 Å². The number of nitrogens with one attached hydrogen (secondary N) is 3. The fourth-order valence-corrected chi connectivity index (χ4v) is 2.91. The number of aliphatic hydroxyl groups is 1. The van der Waals surface area contributed by atoms with Crippen molar-refractivity contribution in [1.82, 2.24) is 16.0 Å². The number of carboxylic acids is 1. The van der Waals surface area contributed by atoms with Crippen LogP contribution in [0, 0.1) is 5.92 Å². The maximum atomic E-state index is 12.9. The van der Waals surface area contributed by atoms with Crippen LogP contribution in [-0.2, 0) is 19.2 Å². The van der Waals surface area contributed by atoms with Gasteiger partial charge in [-0.2, -0.15) is 12.6 Å². The summed E-state index contributed by atoms with van der Waals surface area (Å²) in [6.45, 7) is 5.05. The van der Waals surface area contributed by atoms with Crippen LogP contribution < -0.4 is 33.2 Å². The molecule has 33 heavy (non-hydrogen) atoms. The molecule has 5 atom stereocenters. The second-order valence-electron chi connectivity index (χ2n) is 8.05. The van der Waals surface area contributed by atoms with E-state index in [-0.39, 0.29) is 37.0 Å². The van der Waals surface area contributed by atoms with Gasteiger partial charge in [0, 0.05) is 12.3 Å². The third kappa shape index (κ3) is 12.3. The number of thiol groups is 1. The van der Waals surface area contributed by atoms with E-state index in [0.717, 1.165) is 0 Å². The van der Waals surface area contributed by atoms with Crippen molar-refractivity contribution in [3.8, 4) is 0 Å². The maximum Gasteiger partial charge on any atom is 0.326 e. The van der Waals surface area contributed by atoms with Crippen molar-refractivity contribution in [3.05, 3.63) is 0 Å². The summed E-state index contributed by atoms with van der Waals surface area (Å²) >= 11 is 3.95. The molecule has 0 bridgehead atoms. The van der Waals surface area contributed by atoms with Gasteiger partial charge in [-0.3, -0.25) is 19.4 Å². The Morgan fingerprint density at radius 2 is 1.55 bits per heavy atom. The highest BCUT2D eigenvalue weighted by atomic mass is 32.1. The average Bonchev–Trinajstić information content (AvgIpc) is 2.71.